The predicted octanol–water partition coefficient (Wildman–Crippen LogP) is 4.54. The molecule has 0 spiro atoms. The molecule has 3 aromatic rings. The van der Waals surface area contributed by atoms with E-state index in [1.54, 1.807) is 7.11 Å². The van der Waals surface area contributed by atoms with Crippen molar-refractivity contribution in [1.82, 2.24) is 4.57 Å². The SMILES string of the molecule is CCCc1c(-c2ccc3c(c2)OCCO3)c(C(N)=O)c(C)n1CCc1ccc(OC)cc1. The van der Waals surface area contributed by atoms with Crippen molar-refractivity contribution >= 4 is 5.91 Å². The van der Waals surface area contributed by atoms with Crippen LogP contribution >= 0.6 is 0 Å². The maximum atomic E-state index is 12.6. The van der Waals surface area contributed by atoms with Crippen molar-refractivity contribution in [2.45, 2.75) is 39.7 Å². The maximum absolute atomic E-state index is 12.6. The lowest BCUT2D eigenvalue weighted by molar-refractivity contribution is 0.1000. The second-order valence-corrected chi connectivity index (χ2v) is 8.00. The van der Waals surface area contributed by atoms with Gasteiger partial charge in [-0.05, 0) is 55.2 Å². The number of ether oxygens (including phenoxy) is 3. The van der Waals surface area contributed by atoms with Gasteiger partial charge in [0.1, 0.15) is 19.0 Å². The van der Waals surface area contributed by atoms with Crippen molar-refractivity contribution in [3.63, 3.8) is 0 Å². The highest BCUT2D eigenvalue weighted by molar-refractivity contribution is 6.02. The Kier molecular flexibility index (Phi) is 6.40. The minimum atomic E-state index is -0.409. The largest absolute Gasteiger partial charge is 0.497 e. The molecular weight excluding hydrogens is 404 g/mol. The van der Waals surface area contributed by atoms with E-state index in [2.05, 4.69) is 23.6 Å². The van der Waals surface area contributed by atoms with Crippen molar-refractivity contribution < 1.29 is 19.0 Å². The Labute approximate surface area is 188 Å². The molecule has 1 amide bonds. The highest BCUT2D eigenvalue weighted by Gasteiger charge is 2.25. The third-order valence-electron chi connectivity index (χ3n) is 5.98. The van der Waals surface area contributed by atoms with Gasteiger partial charge in [0.15, 0.2) is 11.5 Å². The van der Waals surface area contributed by atoms with Crippen LogP contribution in [-0.4, -0.2) is 30.8 Å². The van der Waals surface area contributed by atoms with E-state index in [1.165, 1.54) is 5.56 Å². The highest BCUT2D eigenvalue weighted by Crippen LogP contribution is 2.39. The summed E-state index contributed by atoms with van der Waals surface area (Å²) in [6, 6.07) is 14.0. The first-order chi connectivity index (χ1) is 15.5. The molecule has 0 aliphatic carbocycles. The van der Waals surface area contributed by atoms with E-state index in [4.69, 9.17) is 19.9 Å². The first kappa shape index (κ1) is 21.8. The molecule has 0 fully saturated rings. The third kappa shape index (κ3) is 4.17. The summed E-state index contributed by atoms with van der Waals surface area (Å²) in [5.41, 5.74) is 11.5. The number of benzene rings is 2. The molecule has 168 valence electrons. The van der Waals surface area contributed by atoms with Gasteiger partial charge in [-0.25, -0.2) is 0 Å². The lowest BCUT2D eigenvalue weighted by atomic mass is 9.97. The van der Waals surface area contributed by atoms with Crippen LogP contribution in [0.2, 0.25) is 0 Å². The smallest absolute Gasteiger partial charge is 0.251 e. The lowest BCUT2D eigenvalue weighted by Gasteiger charge is -2.19. The summed E-state index contributed by atoms with van der Waals surface area (Å²) in [6.07, 6.45) is 2.65. The van der Waals surface area contributed by atoms with Crippen molar-refractivity contribution in [2.24, 2.45) is 5.73 Å². The zero-order valence-corrected chi connectivity index (χ0v) is 18.9. The number of fused-ring (bicyclic) bond motifs is 1. The molecular formula is C26H30N2O4. The number of aryl methyl sites for hydroxylation is 1. The van der Waals surface area contributed by atoms with E-state index in [-0.39, 0.29) is 0 Å². The van der Waals surface area contributed by atoms with Crippen LogP contribution in [0.5, 0.6) is 17.2 Å². The van der Waals surface area contributed by atoms with E-state index < -0.39 is 5.91 Å². The molecule has 0 unspecified atom stereocenters. The number of hydrogen-bond acceptors (Lipinski definition) is 4. The summed E-state index contributed by atoms with van der Waals surface area (Å²) in [5, 5.41) is 0. The molecule has 1 aliphatic rings. The van der Waals surface area contributed by atoms with Crippen molar-refractivity contribution in [2.75, 3.05) is 20.3 Å². The Morgan fingerprint density at radius 3 is 2.44 bits per heavy atom. The van der Waals surface area contributed by atoms with E-state index in [0.717, 1.165) is 59.8 Å². The van der Waals surface area contributed by atoms with Gasteiger partial charge in [-0.15, -0.1) is 0 Å². The van der Waals surface area contributed by atoms with Crippen molar-refractivity contribution in [1.29, 1.82) is 0 Å². The van der Waals surface area contributed by atoms with E-state index >= 15 is 0 Å². The van der Waals surface area contributed by atoms with Crippen molar-refractivity contribution in [3.8, 4) is 28.4 Å². The number of amides is 1. The van der Waals surface area contributed by atoms with Gasteiger partial charge < -0.3 is 24.5 Å². The average molecular weight is 435 g/mol. The molecule has 0 radical (unpaired) electrons. The molecule has 0 bridgehead atoms. The second-order valence-electron chi connectivity index (χ2n) is 8.00. The molecule has 0 saturated carbocycles. The molecule has 1 aromatic heterocycles. The molecule has 6 heteroatoms. The Hall–Kier alpha value is -3.41. The van der Waals surface area contributed by atoms with Crippen LogP contribution in [0.4, 0.5) is 0 Å². The number of rotatable bonds is 8. The monoisotopic (exact) mass is 434 g/mol. The maximum Gasteiger partial charge on any atom is 0.251 e. The number of nitrogens with zero attached hydrogens (tertiary/aromatic N) is 1. The average Bonchev–Trinajstić information content (AvgIpc) is 3.09. The predicted molar refractivity (Wildman–Crippen MR) is 125 cm³/mol. The molecule has 1 aliphatic heterocycles. The van der Waals surface area contributed by atoms with Crippen LogP contribution in [0.15, 0.2) is 42.5 Å². The number of nitrogens with two attached hydrogens (primary N) is 1. The van der Waals surface area contributed by atoms with E-state index in [0.29, 0.717) is 24.5 Å². The van der Waals surface area contributed by atoms with E-state index in [1.807, 2.05) is 37.3 Å². The fraction of sp³-hybridized carbons (Fsp3) is 0.346. The second kappa shape index (κ2) is 9.39. The summed E-state index contributed by atoms with van der Waals surface area (Å²) in [4.78, 5) is 12.6. The minimum Gasteiger partial charge on any atom is -0.497 e. The van der Waals surface area contributed by atoms with E-state index in [9.17, 15) is 4.79 Å². The normalized spacial score (nSPS) is 12.6. The highest BCUT2D eigenvalue weighted by atomic mass is 16.6. The number of carbonyl (C=O) groups is 1. The van der Waals surface area contributed by atoms with Crippen LogP contribution in [0.3, 0.4) is 0 Å². The molecule has 2 heterocycles. The summed E-state index contributed by atoms with van der Waals surface area (Å²) in [6.45, 7) is 5.95. The number of primary amides is 1. The molecule has 2 aromatic carbocycles. The molecule has 0 atom stereocenters. The Morgan fingerprint density at radius 1 is 1.06 bits per heavy atom. The van der Waals surface area contributed by atoms with Crippen LogP contribution in [0, 0.1) is 6.92 Å². The Morgan fingerprint density at radius 2 is 1.78 bits per heavy atom. The van der Waals surface area contributed by atoms with Crippen LogP contribution < -0.4 is 19.9 Å². The molecule has 6 nitrogen and oxygen atoms in total. The molecule has 32 heavy (non-hydrogen) atoms. The van der Waals surface area contributed by atoms with Crippen LogP contribution in [0.1, 0.15) is 40.7 Å². The van der Waals surface area contributed by atoms with Crippen molar-refractivity contribution in [3.05, 3.63) is 65.0 Å². The number of methoxy groups -OCH3 is 1. The minimum absolute atomic E-state index is 0.409. The lowest BCUT2D eigenvalue weighted by Crippen LogP contribution is -2.15. The molecule has 0 saturated heterocycles. The van der Waals surface area contributed by atoms with Gasteiger partial charge in [0.2, 0.25) is 0 Å². The van der Waals surface area contributed by atoms with Gasteiger partial charge in [-0.2, -0.15) is 0 Å². The van der Waals surface area contributed by atoms with Gasteiger partial charge in [-0.1, -0.05) is 31.5 Å². The zero-order chi connectivity index (χ0) is 22.7. The van der Waals surface area contributed by atoms with Gasteiger partial charge in [0.05, 0.1) is 12.7 Å². The fourth-order valence-electron chi connectivity index (χ4n) is 4.44. The zero-order valence-electron chi connectivity index (χ0n) is 18.9. The first-order valence-electron chi connectivity index (χ1n) is 11.1. The molecule has 2 N–H and O–H groups in total. The summed E-state index contributed by atoms with van der Waals surface area (Å²) < 4.78 is 19.0. The first-order valence-corrected chi connectivity index (χ1v) is 11.1. The Bertz CT molecular complexity index is 1120. The topological polar surface area (TPSA) is 75.7 Å². The number of carbonyl (C=O) groups excluding carboxylic acids is 1. The molecule has 4 rings (SSSR count). The quantitative estimate of drug-likeness (QED) is 0.565. The van der Waals surface area contributed by atoms with Gasteiger partial charge in [0.25, 0.3) is 5.91 Å². The van der Waals surface area contributed by atoms with Crippen LogP contribution in [-0.2, 0) is 19.4 Å². The summed E-state index contributed by atoms with van der Waals surface area (Å²) in [5.74, 6) is 1.87. The van der Waals surface area contributed by atoms with Gasteiger partial charge in [0, 0.05) is 23.5 Å². The Balaban J connectivity index is 1.76. The number of hydrogen-bond donors (Lipinski definition) is 1. The fourth-order valence-corrected chi connectivity index (χ4v) is 4.44. The van der Waals surface area contributed by atoms with Gasteiger partial charge in [-0.3, -0.25) is 4.79 Å². The summed E-state index contributed by atoms with van der Waals surface area (Å²) in [7, 11) is 1.67. The van der Waals surface area contributed by atoms with Crippen LogP contribution in [0.25, 0.3) is 11.1 Å². The number of aromatic nitrogens is 1. The van der Waals surface area contributed by atoms with Gasteiger partial charge >= 0.3 is 0 Å². The summed E-state index contributed by atoms with van der Waals surface area (Å²) >= 11 is 0. The third-order valence-corrected chi connectivity index (χ3v) is 5.98. The standard InChI is InChI=1S/C26H30N2O4/c1-4-5-21-25(19-8-11-22-23(16-19)32-15-14-31-22)24(26(27)29)17(2)28(21)13-12-18-6-9-20(30-3)10-7-18/h6-11,16H,4-5,12-15H2,1-3H3,(H2,27,29).